The molecule has 0 N–H and O–H groups in total. The Labute approximate surface area is 127 Å². The molecular weight excluding hydrogens is 266 g/mol. The summed E-state index contributed by atoms with van der Waals surface area (Å²) >= 11 is 0. The van der Waals surface area contributed by atoms with E-state index in [1.165, 1.54) is 38.6 Å². The lowest BCUT2D eigenvalue weighted by Crippen LogP contribution is -2.45. The van der Waals surface area contributed by atoms with Gasteiger partial charge in [-0.3, -0.25) is 4.90 Å². The Hall–Kier alpha value is -0.840. The van der Waals surface area contributed by atoms with Gasteiger partial charge in [-0.1, -0.05) is 6.42 Å². The van der Waals surface area contributed by atoms with E-state index < -0.39 is 0 Å². The van der Waals surface area contributed by atoms with Crippen LogP contribution in [-0.2, 0) is 22.6 Å². The molecule has 0 aliphatic carbocycles. The molecule has 4 heteroatoms. The van der Waals surface area contributed by atoms with Gasteiger partial charge in [0.2, 0.25) is 0 Å². The van der Waals surface area contributed by atoms with E-state index >= 15 is 0 Å². The van der Waals surface area contributed by atoms with Crippen molar-refractivity contribution in [3.63, 3.8) is 0 Å². The molecule has 0 spiro atoms. The summed E-state index contributed by atoms with van der Waals surface area (Å²) in [4.78, 5) is 2.63. The summed E-state index contributed by atoms with van der Waals surface area (Å²) in [6, 6.07) is 4.84. The highest BCUT2D eigenvalue weighted by molar-refractivity contribution is 5.07. The van der Waals surface area contributed by atoms with Gasteiger partial charge in [-0.25, -0.2) is 0 Å². The molecule has 0 saturated carbocycles. The van der Waals surface area contributed by atoms with Gasteiger partial charge in [-0.2, -0.15) is 0 Å². The fourth-order valence-electron chi connectivity index (χ4n) is 3.77. The number of hydrogen-bond acceptors (Lipinski definition) is 4. The highest BCUT2D eigenvalue weighted by atomic mass is 16.5. The summed E-state index contributed by atoms with van der Waals surface area (Å²) in [6.07, 6.45) is 6.44. The molecule has 1 atom stereocenters. The molecular formula is C17H27NO3. The summed E-state index contributed by atoms with van der Waals surface area (Å²) in [5.74, 6) is 2.79. The quantitative estimate of drug-likeness (QED) is 0.835. The smallest absolute Gasteiger partial charge is 0.129 e. The molecule has 21 heavy (non-hydrogen) atoms. The number of methoxy groups -OCH3 is 1. The monoisotopic (exact) mass is 293 g/mol. The maximum absolute atomic E-state index is 5.87. The van der Waals surface area contributed by atoms with Gasteiger partial charge in [0.25, 0.3) is 0 Å². The van der Waals surface area contributed by atoms with Gasteiger partial charge in [0.1, 0.15) is 18.1 Å². The standard InChI is InChI=1S/C17H27NO3/c1-19-13-16-6-5-15(21-16)12-18-9-3-2-4-17(18)14-7-10-20-11-8-14/h5-6,14,17H,2-4,7-13H2,1H3. The summed E-state index contributed by atoms with van der Waals surface area (Å²) < 4.78 is 16.5. The SMILES string of the molecule is COCc1ccc(CN2CCCCC2C2CCOCC2)o1. The Morgan fingerprint density at radius 2 is 1.95 bits per heavy atom. The van der Waals surface area contributed by atoms with Gasteiger partial charge >= 0.3 is 0 Å². The third-order valence-electron chi connectivity index (χ3n) is 4.84. The van der Waals surface area contributed by atoms with Gasteiger partial charge in [0.15, 0.2) is 0 Å². The zero-order valence-electron chi connectivity index (χ0n) is 13.1. The van der Waals surface area contributed by atoms with Crippen LogP contribution in [0.25, 0.3) is 0 Å². The van der Waals surface area contributed by atoms with Crippen molar-refractivity contribution >= 4 is 0 Å². The van der Waals surface area contributed by atoms with Gasteiger partial charge < -0.3 is 13.9 Å². The molecule has 118 valence electrons. The Morgan fingerprint density at radius 3 is 2.76 bits per heavy atom. The molecule has 3 heterocycles. The molecule has 0 radical (unpaired) electrons. The number of ether oxygens (including phenoxy) is 2. The normalized spacial score (nSPS) is 25.3. The summed E-state index contributed by atoms with van der Waals surface area (Å²) in [6.45, 7) is 4.57. The van der Waals surface area contributed by atoms with Crippen molar-refractivity contribution in [2.45, 2.75) is 51.3 Å². The molecule has 4 nitrogen and oxygen atoms in total. The Balaban J connectivity index is 1.62. The minimum atomic E-state index is 0.559. The van der Waals surface area contributed by atoms with Gasteiger partial charge in [0.05, 0.1) is 6.54 Å². The van der Waals surface area contributed by atoms with Crippen LogP contribution in [0.2, 0.25) is 0 Å². The Morgan fingerprint density at radius 1 is 1.14 bits per heavy atom. The van der Waals surface area contributed by atoms with Crippen molar-refractivity contribution in [2.24, 2.45) is 5.92 Å². The van der Waals surface area contributed by atoms with E-state index in [2.05, 4.69) is 11.0 Å². The van der Waals surface area contributed by atoms with Gasteiger partial charge in [-0.05, 0) is 50.3 Å². The van der Waals surface area contributed by atoms with E-state index in [1.807, 2.05) is 6.07 Å². The van der Waals surface area contributed by atoms with Crippen LogP contribution in [0.15, 0.2) is 16.5 Å². The van der Waals surface area contributed by atoms with Crippen molar-refractivity contribution in [3.8, 4) is 0 Å². The fourth-order valence-corrected chi connectivity index (χ4v) is 3.77. The number of hydrogen-bond donors (Lipinski definition) is 0. The van der Waals surface area contributed by atoms with Crippen LogP contribution in [0.5, 0.6) is 0 Å². The lowest BCUT2D eigenvalue weighted by atomic mass is 9.85. The minimum Gasteiger partial charge on any atom is -0.462 e. The molecule has 2 saturated heterocycles. The van der Waals surface area contributed by atoms with Crippen molar-refractivity contribution in [1.82, 2.24) is 4.90 Å². The third kappa shape index (κ3) is 3.87. The van der Waals surface area contributed by atoms with Gasteiger partial charge in [0, 0.05) is 26.4 Å². The lowest BCUT2D eigenvalue weighted by Gasteiger charge is -2.41. The van der Waals surface area contributed by atoms with Crippen LogP contribution >= 0.6 is 0 Å². The molecule has 0 amide bonds. The predicted octanol–water partition coefficient (Wildman–Crippen LogP) is 3.21. The zero-order valence-corrected chi connectivity index (χ0v) is 13.1. The molecule has 3 rings (SSSR count). The number of piperidine rings is 1. The highest BCUT2D eigenvalue weighted by Crippen LogP contribution is 2.31. The second kappa shape index (κ2) is 7.43. The van der Waals surface area contributed by atoms with Crippen LogP contribution in [0.4, 0.5) is 0 Å². The molecule has 1 aromatic rings. The van der Waals surface area contributed by atoms with Crippen molar-refractivity contribution in [1.29, 1.82) is 0 Å². The Bertz CT molecular complexity index is 425. The molecule has 2 aliphatic rings. The van der Waals surface area contributed by atoms with Crippen LogP contribution in [0.1, 0.15) is 43.6 Å². The lowest BCUT2D eigenvalue weighted by molar-refractivity contribution is 0.00769. The van der Waals surface area contributed by atoms with Crippen molar-refractivity contribution in [3.05, 3.63) is 23.7 Å². The predicted molar refractivity (Wildman–Crippen MR) is 81.0 cm³/mol. The van der Waals surface area contributed by atoms with E-state index in [0.717, 1.165) is 37.2 Å². The maximum Gasteiger partial charge on any atom is 0.129 e. The van der Waals surface area contributed by atoms with Crippen LogP contribution < -0.4 is 0 Å². The first-order valence-corrected chi connectivity index (χ1v) is 8.25. The van der Waals surface area contributed by atoms with E-state index in [0.29, 0.717) is 12.6 Å². The average molecular weight is 293 g/mol. The first-order valence-electron chi connectivity index (χ1n) is 8.25. The molecule has 1 unspecified atom stereocenters. The molecule has 2 aliphatic heterocycles. The molecule has 0 aromatic carbocycles. The van der Waals surface area contributed by atoms with E-state index in [1.54, 1.807) is 7.11 Å². The molecule has 1 aromatic heterocycles. The van der Waals surface area contributed by atoms with Crippen molar-refractivity contribution in [2.75, 3.05) is 26.9 Å². The highest BCUT2D eigenvalue weighted by Gasteiger charge is 2.31. The number of rotatable bonds is 5. The minimum absolute atomic E-state index is 0.559. The fraction of sp³-hybridized carbons (Fsp3) is 0.765. The largest absolute Gasteiger partial charge is 0.462 e. The van der Waals surface area contributed by atoms with Crippen LogP contribution in [-0.4, -0.2) is 37.8 Å². The first-order chi connectivity index (χ1) is 10.4. The van der Waals surface area contributed by atoms with Crippen molar-refractivity contribution < 1.29 is 13.9 Å². The zero-order chi connectivity index (χ0) is 14.5. The Kier molecular flexibility index (Phi) is 5.33. The van der Waals surface area contributed by atoms with Gasteiger partial charge in [-0.15, -0.1) is 0 Å². The summed E-state index contributed by atoms with van der Waals surface area (Å²) in [7, 11) is 1.70. The number of furan rings is 1. The maximum atomic E-state index is 5.87. The van der Waals surface area contributed by atoms with E-state index in [4.69, 9.17) is 13.9 Å². The second-order valence-corrected chi connectivity index (χ2v) is 6.28. The number of likely N-dealkylation sites (tertiary alicyclic amines) is 1. The van der Waals surface area contributed by atoms with Crippen LogP contribution in [0.3, 0.4) is 0 Å². The van der Waals surface area contributed by atoms with Crippen LogP contribution in [0, 0.1) is 5.92 Å². The number of nitrogens with zero attached hydrogens (tertiary/aromatic N) is 1. The average Bonchev–Trinajstić information content (AvgIpc) is 2.96. The topological polar surface area (TPSA) is 34.8 Å². The molecule has 0 bridgehead atoms. The second-order valence-electron chi connectivity index (χ2n) is 6.28. The molecule has 2 fully saturated rings. The summed E-state index contributed by atoms with van der Waals surface area (Å²) in [5.41, 5.74) is 0. The van der Waals surface area contributed by atoms with E-state index in [9.17, 15) is 0 Å². The third-order valence-corrected chi connectivity index (χ3v) is 4.84. The van der Waals surface area contributed by atoms with E-state index in [-0.39, 0.29) is 0 Å². The first kappa shape index (κ1) is 15.1. The summed E-state index contributed by atoms with van der Waals surface area (Å²) in [5, 5.41) is 0.